The minimum atomic E-state index is 0.722. The van der Waals surface area contributed by atoms with Crippen LogP contribution in [0.3, 0.4) is 0 Å². The Morgan fingerprint density at radius 1 is 1.20 bits per heavy atom. The van der Waals surface area contributed by atoms with Crippen LogP contribution >= 0.6 is 0 Å². The van der Waals surface area contributed by atoms with Crippen molar-refractivity contribution in [1.29, 1.82) is 0 Å². The zero-order chi connectivity index (χ0) is 7.89. The summed E-state index contributed by atoms with van der Waals surface area (Å²) in [5.74, 6) is 0. The molecule has 0 fully saturated rings. The van der Waals surface area contributed by atoms with E-state index in [-0.39, 0.29) is 0 Å². The molecule has 0 aromatic carbocycles. The van der Waals surface area contributed by atoms with E-state index in [4.69, 9.17) is 0 Å². The van der Waals surface area contributed by atoms with Crippen molar-refractivity contribution in [2.75, 3.05) is 0 Å². The second-order valence-corrected chi connectivity index (χ2v) is 4.74. The molecule has 0 heterocycles. The van der Waals surface area contributed by atoms with E-state index in [1.807, 2.05) is 0 Å². The fraction of sp³-hybridized carbons (Fsp3) is 0.500. The van der Waals surface area contributed by atoms with Gasteiger partial charge in [0.25, 0.3) is 0 Å². The van der Waals surface area contributed by atoms with E-state index in [0.29, 0.717) is 0 Å². The molecule has 1 aliphatic rings. The van der Waals surface area contributed by atoms with Crippen LogP contribution in [-0.2, 0) is 16.0 Å². The zero-order valence-electron chi connectivity index (χ0n) is 6.93. The molecular formula is C8H13FeSi. The summed E-state index contributed by atoms with van der Waals surface area (Å²) in [5, 5.41) is 0. The molecule has 0 saturated heterocycles. The number of allylic oxidation sites excluding steroid dienone is 4. The third-order valence-corrected chi connectivity index (χ3v) is 5.41. The molecule has 0 bridgehead atoms. The Morgan fingerprint density at radius 3 is 1.80 bits per heavy atom. The van der Waals surface area contributed by atoms with Gasteiger partial charge in [-0.3, -0.25) is 0 Å². The Bertz CT molecular complexity index is 201. The first-order chi connectivity index (χ1) is 4.55. The molecule has 0 saturated carbocycles. The van der Waals surface area contributed by atoms with Gasteiger partial charge in [0.05, 0.1) is 0 Å². The van der Waals surface area contributed by atoms with Gasteiger partial charge in [-0.15, -0.1) is 0 Å². The molecule has 0 aliphatic heterocycles. The van der Waals surface area contributed by atoms with Gasteiger partial charge in [0.1, 0.15) is 0 Å². The first kappa shape index (κ1) is 8.31. The van der Waals surface area contributed by atoms with E-state index >= 15 is 0 Å². The van der Waals surface area contributed by atoms with Gasteiger partial charge < -0.3 is 0 Å². The fourth-order valence-electron chi connectivity index (χ4n) is 1.30. The Kier molecular flexibility index (Phi) is 2.23. The second-order valence-electron chi connectivity index (χ2n) is 2.99. The summed E-state index contributed by atoms with van der Waals surface area (Å²) in [7, 11) is 1.22. The van der Waals surface area contributed by atoms with E-state index < -0.39 is 0 Å². The van der Waals surface area contributed by atoms with Gasteiger partial charge in [-0.1, -0.05) is 0 Å². The molecule has 1 atom stereocenters. The standard InChI is InChI=1S/C8H13Si.Fe/c1-5-4-8(9)7(3)6(5)2;/h8H,1-3,9H3;. The minimum absolute atomic E-state index is 0.722. The van der Waals surface area contributed by atoms with Crippen LogP contribution < -0.4 is 0 Å². The van der Waals surface area contributed by atoms with Crippen LogP contribution in [0.2, 0.25) is 5.54 Å². The van der Waals surface area contributed by atoms with Gasteiger partial charge in [-0.05, 0) is 0 Å². The fourth-order valence-corrected chi connectivity index (χ4v) is 2.62. The summed E-state index contributed by atoms with van der Waals surface area (Å²) in [6, 6.07) is 0. The first-order valence-corrected chi connectivity index (χ1v) is 5.29. The van der Waals surface area contributed by atoms with Crippen molar-refractivity contribution in [3.8, 4) is 0 Å². The third kappa shape index (κ3) is 1.05. The number of rotatable bonds is 0. The van der Waals surface area contributed by atoms with Gasteiger partial charge in [-0.25, -0.2) is 0 Å². The van der Waals surface area contributed by atoms with Crippen LogP contribution in [0.4, 0.5) is 0 Å². The number of hydrogen-bond donors (Lipinski definition) is 0. The van der Waals surface area contributed by atoms with Crippen molar-refractivity contribution in [1.82, 2.24) is 0 Å². The monoisotopic (exact) mass is 193 g/mol. The van der Waals surface area contributed by atoms with Crippen molar-refractivity contribution < 1.29 is 16.0 Å². The molecule has 10 heavy (non-hydrogen) atoms. The first-order valence-electron chi connectivity index (χ1n) is 3.58. The van der Waals surface area contributed by atoms with Crippen LogP contribution in [0, 0.1) is 0 Å². The molecule has 2 heteroatoms. The van der Waals surface area contributed by atoms with Gasteiger partial charge in [0.2, 0.25) is 0 Å². The summed E-state index contributed by atoms with van der Waals surface area (Å²) in [5.41, 5.74) is 5.18. The number of hydrogen-bond acceptors (Lipinski definition) is 0. The Labute approximate surface area is 74.0 Å². The topological polar surface area (TPSA) is 0 Å². The molecule has 0 aromatic heterocycles. The maximum atomic E-state index is 4.07. The predicted molar refractivity (Wildman–Crippen MR) is 44.8 cm³/mol. The van der Waals surface area contributed by atoms with Crippen molar-refractivity contribution in [2.24, 2.45) is 0 Å². The molecule has 0 nitrogen and oxygen atoms in total. The second kappa shape index (κ2) is 2.69. The molecule has 57 valence electrons. The van der Waals surface area contributed by atoms with E-state index in [1.54, 1.807) is 5.57 Å². The Balaban J connectivity index is 3.09. The zero-order valence-corrected chi connectivity index (χ0v) is 10.0. The van der Waals surface area contributed by atoms with Crippen molar-refractivity contribution in [3.05, 3.63) is 21.2 Å². The van der Waals surface area contributed by atoms with Crippen molar-refractivity contribution in [2.45, 2.75) is 26.3 Å². The van der Waals surface area contributed by atoms with Crippen molar-refractivity contribution >= 4 is 10.2 Å². The molecule has 0 aromatic rings. The molecule has 1 rings (SSSR count). The van der Waals surface area contributed by atoms with E-state index in [2.05, 4.69) is 36.8 Å². The van der Waals surface area contributed by atoms with Crippen LogP contribution in [0.5, 0.6) is 0 Å². The average Bonchev–Trinajstić information content (AvgIpc) is 2.07. The van der Waals surface area contributed by atoms with Gasteiger partial charge >= 0.3 is 73.8 Å². The van der Waals surface area contributed by atoms with Crippen LogP contribution in [0.15, 0.2) is 21.2 Å². The van der Waals surface area contributed by atoms with E-state index in [1.165, 1.54) is 25.9 Å². The van der Waals surface area contributed by atoms with Crippen LogP contribution in [0.25, 0.3) is 0 Å². The summed E-state index contributed by atoms with van der Waals surface area (Å²) >= 11 is 4.07. The molecule has 0 radical (unpaired) electrons. The van der Waals surface area contributed by atoms with E-state index in [0.717, 1.165) is 5.54 Å². The molecule has 0 N–H and O–H groups in total. The van der Waals surface area contributed by atoms with Crippen molar-refractivity contribution in [3.63, 3.8) is 0 Å². The summed E-state index contributed by atoms with van der Waals surface area (Å²) < 4.78 is 1.36. The molecule has 1 aliphatic carbocycles. The molecule has 0 spiro atoms. The SMILES string of the molecule is CC1=C(C)C([SiH3])[C]([Fe])=C1C. The Hall–Kier alpha value is 0.216. The van der Waals surface area contributed by atoms with E-state index in [9.17, 15) is 0 Å². The Morgan fingerprint density at radius 2 is 1.70 bits per heavy atom. The molecular weight excluding hydrogens is 180 g/mol. The predicted octanol–water partition coefficient (Wildman–Crippen LogP) is 1.31. The maximum absolute atomic E-state index is 4.07. The summed E-state index contributed by atoms with van der Waals surface area (Å²) in [6.45, 7) is 6.61. The molecule has 0 amide bonds. The van der Waals surface area contributed by atoms with Crippen LogP contribution in [0.1, 0.15) is 20.8 Å². The summed E-state index contributed by atoms with van der Waals surface area (Å²) in [6.07, 6.45) is 0. The van der Waals surface area contributed by atoms with Gasteiger partial charge in [0, 0.05) is 0 Å². The molecule has 1 unspecified atom stereocenters. The normalized spacial score (nSPS) is 27.0. The average molecular weight is 193 g/mol. The summed E-state index contributed by atoms with van der Waals surface area (Å²) in [4.78, 5) is 0. The third-order valence-electron chi connectivity index (χ3n) is 2.52. The van der Waals surface area contributed by atoms with Gasteiger partial charge in [0.15, 0.2) is 0 Å². The quantitative estimate of drug-likeness (QED) is 0.509. The van der Waals surface area contributed by atoms with Gasteiger partial charge in [-0.2, -0.15) is 0 Å². The van der Waals surface area contributed by atoms with Crippen LogP contribution in [-0.4, -0.2) is 10.2 Å².